The van der Waals surface area contributed by atoms with Crippen LogP contribution in [-0.4, -0.2) is 0 Å². The maximum atomic E-state index is 13.3. The SMILES string of the molecule is CC(C)C(F)(F)c1c(F)cccc1F. The zero-order chi connectivity index (χ0) is 10.9. The highest BCUT2D eigenvalue weighted by molar-refractivity contribution is 5.24. The molecule has 0 saturated heterocycles. The molecule has 14 heavy (non-hydrogen) atoms. The Morgan fingerprint density at radius 2 is 1.50 bits per heavy atom. The van der Waals surface area contributed by atoms with Gasteiger partial charge in [0, 0.05) is 5.92 Å². The fourth-order valence-electron chi connectivity index (χ4n) is 1.10. The zero-order valence-electron chi connectivity index (χ0n) is 7.82. The van der Waals surface area contributed by atoms with Gasteiger partial charge in [-0.05, 0) is 12.1 Å². The average molecular weight is 206 g/mol. The maximum Gasteiger partial charge on any atom is 0.281 e. The van der Waals surface area contributed by atoms with Crippen LogP contribution < -0.4 is 0 Å². The monoisotopic (exact) mass is 206 g/mol. The second-order valence-electron chi connectivity index (χ2n) is 3.37. The van der Waals surface area contributed by atoms with Gasteiger partial charge in [-0.3, -0.25) is 0 Å². The van der Waals surface area contributed by atoms with Crippen molar-refractivity contribution in [1.29, 1.82) is 0 Å². The molecule has 78 valence electrons. The van der Waals surface area contributed by atoms with Gasteiger partial charge in [0.05, 0.1) is 5.56 Å². The van der Waals surface area contributed by atoms with Crippen molar-refractivity contribution in [3.05, 3.63) is 35.4 Å². The first-order chi connectivity index (χ1) is 6.37. The minimum atomic E-state index is -3.48. The first-order valence-electron chi connectivity index (χ1n) is 4.19. The Balaban J connectivity index is 3.31. The summed E-state index contributed by atoms with van der Waals surface area (Å²) >= 11 is 0. The Morgan fingerprint density at radius 3 is 1.86 bits per heavy atom. The standard InChI is InChI=1S/C10H10F4/c1-6(2)10(13,14)9-7(11)4-3-5-8(9)12/h3-6H,1-2H3. The van der Waals surface area contributed by atoms with E-state index in [0.29, 0.717) is 0 Å². The molecule has 0 aliphatic heterocycles. The van der Waals surface area contributed by atoms with Crippen LogP contribution in [0.2, 0.25) is 0 Å². The molecule has 0 atom stereocenters. The highest BCUT2D eigenvalue weighted by Crippen LogP contribution is 2.38. The van der Waals surface area contributed by atoms with Crippen molar-refractivity contribution in [1.82, 2.24) is 0 Å². The molecule has 0 heterocycles. The molecule has 1 aromatic rings. The third-order valence-corrected chi connectivity index (χ3v) is 2.02. The summed E-state index contributed by atoms with van der Waals surface area (Å²) in [7, 11) is 0. The summed E-state index contributed by atoms with van der Waals surface area (Å²) < 4.78 is 52.6. The summed E-state index contributed by atoms with van der Waals surface area (Å²) in [6, 6.07) is 2.72. The molecule has 0 radical (unpaired) electrons. The quantitative estimate of drug-likeness (QED) is 0.647. The number of alkyl halides is 2. The van der Waals surface area contributed by atoms with E-state index in [0.717, 1.165) is 18.2 Å². The summed E-state index contributed by atoms with van der Waals surface area (Å²) in [5.74, 6) is -7.03. The van der Waals surface area contributed by atoms with Gasteiger partial charge in [-0.2, -0.15) is 0 Å². The second-order valence-corrected chi connectivity index (χ2v) is 3.37. The van der Waals surface area contributed by atoms with E-state index in [-0.39, 0.29) is 0 Å². The first-order valence-corrected chi connectivity index (χ1v) is 4.19. The van der Waals surface area contributed by atoms with E-state index in [4.69, 9.17) is 0 Å². The fourth-order valence-corrected chi connectivity index (χ4v) is 1.10. The van der Waals surface area contributed by atoms with Crippen LogP contribution in [0.3, 0.4) is 0 Å². The molecule has 1 aromatic carbocycles. The highest BCUT2D eigenvalue weighted by Gasteiger charge is 2.40. The van der Waals surface area contributed by atoms with Gasteiger partial charge in [-0.15, -0.1) is 0 Å². The second kappa shape index (κ2) is 3.59. The lowest BCUT2D eigenvalue weighted by Crippen LogP contribution is -2.24. The van der Waals surface area contributed by atoms with Gasteiger partial charge in [0.2, 0.25) is 0 Å². The maximum absolute atomic E-state index is 13.3. The van der Waals surface area contributed by atoms with E-state index in [1.165, 1.54) is 13.8 Å². The van der Waals surface area contributed by atoms with Crippen molar-refractivity contribution in [2.45, 2.75) is 19.8 Å². The normalized spacial score (nSPS) is 12.2. The number of rotatable bonds is 2. The summed E-state index contributed by atoms with van der Waals surface area (Å²) in [5.41, 5.74) is -1.14. The molecular formula is C10H10F4. The van der Waals surface area contributed by atoms with Crippen molar-refractivity contribution in [3.63, 3.8) is 0 Å². The van der Waals surface area contributed by atoms with E-state index < -0.39 is 29.0 Å². The number of benzene rings is 1. The molecule has 0 aromatic heterocycles. The molecule has 1 rings (SSSR count). The van der Waals surface area contributed by atoms with E-state index in [9.17, 15) is 17.6 Å². The Labute approximate surface area is 79.6 Å². The topological polar surface area (TPSA) is 0 Å². The molecule has 0 fully saturated rings. The van der Waals surface area contributed by atoms with Crippen LogP contribution in [0.25, 0.3) is 0 Å². The number of halogens is 4. The third kappa shape index (κ3) is 1.74. The summed E-state index contributed by atoms with van der Waals surface area (Å²) in [4.78, 5) is 0. The van der Waals surface area contributed by atoms with Crippen LogP contribution in [-0.2, 0) is 5.92 Å². The molecular weight excluding hydrogens is 196 g/mol. The Bertz CT molecular complexity index is 311. The lowest BCUT2D eigenvalue weighted by Gasteiger charge is -2.21. The van der Waals surface area contributed by atoms with Crippen molar-refractivity contribution < 1.29 is 17.6 Å². The summed E-state index contributed by atoms with van der Waals surface area (Å²) in [6.45, 7) is 2.43. The molecule has 0 N–H and O–H groups in total. The van der Waals surface area contributed by atoms with Crippen molar-refractivity contribution >= 4 is 0 Å². The average Bonchev–Trinajstić information content (AvgIpc) is 2.02. The molecule has 4 heteroatoms. The number of hydrogen-bond donors (Lipinski definition) is 0. The van der Waals surface area contributed by atoms with Crippen LogP contribution in [0, 0.1) is 17.6 Å². The van der Waals surface area contributed by atoms with E-state index in [1.54, 1.807) is 0 Å². The van der Waals surface area contributed by atoms with E-state index in [1.807, 2.05) is 0 Å². The molecule has 0 bridgehead atoms. The predicted molar refractivity (Wildman–Crippen MR) is 45.1 cm³/mol. The predicted octanol–water partition coefficient (Wildman–Crippen LogP) is 3.71. The van der Waals surface area contributed by atoms with Crippen molar-refractivity contribution in [2.24, 2.45) is 5.92 Å². The van der Waals surface area contributed by atoms with Gasteiger partial charge in [-0.1, -0.05) is 19.9 Å². The minimum Gasteiger partial charge on any atom is -0.206 e. The Morgan fingerprint density at radius 1 is 1.07 bits per heavy atom. The van der Waals surface area contributed by atoms with E-state index >= 15 is 0 Å². The van der Waals surface area contributed by atoms with Gasteiger partial charge in [-0.25, -0.2) is 17.6 Å². The van der Waals surface area contributed by atoms with Crippen LogP contribution in [0.4, 0.5) is 17.6 Å². The minimum absolute atomic E-state index is 0.828. The largest absolute Gasteiger partial charge is 0.281 e. The van der Waals surface area contributed by atoms with E-state index in [2.05, 4.69) is 0 Å². The van der Waals surface area contributed by atoms with Gasteiger partial charge >= 0.3 is 0 Å². The lowest BCUT2D eigenvalue weighted by atomic mass is 9.97. The first kappa shape index (κ1) is 11.0. The highest BCUT2D eigenvalue weighted by atomic mass is 19.3. The Kier molecular flexibility index (Phi) is 2.83. The van der Waals surface area contributed by atoms with Crippen LogP contribution >= 0.6 is 0 Å². The molecule has 0 spiro atoms. The Hall–Kier alpha value is -1.06. The van der Waals surface area contributed by atoms with Gasteiger partial charge in [0.1, 0.15) is 11.6 Å². The summed E-state index contributed by atoms with van der Waals surface area (Å²) in [5, 5.41) is 0. The molecule has 0 aliphatic carbocycles. The van der Waals surface area contributed by atoms with Gasteiger partial charge in [0.15, 0.2) is 0 Å². The zero-order valence-corrected chi connectivity index (χ0v) is 7.82. The fraction of sp³-hybridized carbons (Fsp3) is 0.400. The number of hydrogen-bond acceptors (Lipinski definition) is 0. The summed E-state index contributed by atoms with van der Waals surface area (Å²) in [6.07, 6.45) is 0. The molecule has 0 amide bonds. The van der Waals surface area contributed by atoms with Crippen LogP contribution in [0.1, 0.15) is 19.4 Å². The van der Waals surface area contributed by atoms with Crippen molar-refractivity contribution in [3.8, 4) is 0 Å². The van der Waals surface area contributed by atoms with Crippen molar-refractivity contribution in [2.75, 3.05) is 0 Å². The molecule has 0 aliphatic rings. The lowest BCUT2D eigenvalue weighted by molar-refractivity contribution is -0.0574. The molecule has 0 saturated carbocycles. The van der Waals surface area contributed by atoms with Crippen LogP contribution in [0.5, 0.6) is 0 Å². The van der Waals surface area contributed by atoms with Gasteiger partial charge in [0.25, 0.3) is 5.92 Å². The molecule has 0 nitrogen and oxygen atoms in total. The van der Waals surface area contributed by atoms with Gasteiger partial charge < -0.3 is 0 Å². The smallest absolute Gasteiger partial charge is 0.206 e. The third-order valence-electron chi connectivity index (χ3n) is 2.02. The van der Waals surface area contributed by atoms with Crippen LogP contribution in [0.15, 0.2) is 18.2 Å². The molecule has 0 unspecified atom stereocenters.